The van der Waals surface area contributed by atoms with Crippen molar-refractivity contribution in [1.82, 2.24) is 25.9 Å². The molecule has 1 saturated carbocycles. The molecule has 2 aromatic rings. The van der Waals surface area contributed by atoms with Crippen LogP contribution in [0.1, 0.15) is 67.4 Å². The van der Waals surface area contributed by atoms with Crippen LogP contribution in [-0.4, -0.2) is 57.4 Å². The molecular weight excluding hydrogens is 524 g/mol. The highest BCUT2D eigenvalue weighted by molar-refractivity contribution is 7.14. The van der Waals surface area contributed by atoms with Gasteiger partial charge in [0.05, 0.1) is 29.9 Å². The largest absolute Gasteiger partial charge is 0.388 e. The molecule has 3 amide bonds. The van der Waals surface area contributed by atoms with E-state index in [0.29, 0.717) is 41.4 Å². The lowest BCUT2D eigenvalue weighted by molar-refractivity contribution is -0.120. The van der Waals surface area contributed by atoms with Gasteiger partial charge in [0.1, 0.15) is 21.4 Å². The first-order valence-electron chi connectivity index (χ1n) is 12.7. The number of thiazole rings is 2. The van der Waals surface area contributed by atoms with Crippen LogP contribution in [0.4, 0.5) is 0 Å². The molecule has 1 aliphatic carbocycles. The highest BCUT2D eigenvalue weighted by atomic mass is 32.1. The first-order valence-corrected chi connectivity index (χ1v) is 14.4. The van der Waals surface area contributed by atoms with Gasteiger partial charge >= 0.3 is 0 Å². The maximum absolute atomic E-state index is 12.9. The average Bonchev–Trinajstić information content (AvgIpc) is 3.30. The minimum atomic E-state index is -0.366. The number of nitrogens with zero attached hydrogens (tertiary/aromatic N) is 3. The Morgan fingerprint density at radius 3 is 2.76 bits per heavy atom. The molecule has 38 heavy (non-hydrogen) atoms. The summed E-state index contributed by atoms with van der Waals surface area (Å²) in [5.74, 6) is -0.436. The lowest BCUT2D eigenvalue weighted by Crippen LogP contribution is -2.32. The zero-order valence-electron chi connectivity index (χ0n) is 21.1. The van der Waals surface area contributed by atoms with Gasteiger partial charge in [-0.2, -0.15) is 0 Å². The Labute approximate surface area is 227 Å². The molecule has 200 valence electrons. The minimum absolute atomic E-state index is 0.0960. The van der Waals surface area contributed by atoms with E-state index in [-0.39, 0.29) is 48.1 Å². The number of aliphatic imine (C=N–C) groups is 1. The summed E-state index contributed by atoms with van der Waals surface area (Å²) in [6, 6.07) is 0.205. The summed E-state index contributed by atoms with van der Waals surface area (Å²) in [5.41, 5.74) is 8.26. The minimum Gasteiger partial charge on any atom is -0.388 e. The van der Waals surface area contributed by atoms with Crippen molar-refractivity contribution in [3.8, 4) is 10.7 Å². The molecule has 2 aliphatic heterocycles. The Balaban J connectivity index is 1.17. The predicted octanol–water partition coefficient (Wildman–Crippen LogP) is 2.30. The van der Waals surface area contributed by atoms with E-state index in [9.17, 15) is 14.4 Å². The molecular formula is C25H30N8O3S2. The third kappa shape index (κ3) is 5.68. The smallest absolute Gasteiger partial charge is 0.270 e. The molecule has 1 atom stereocenters. The van der Waals surface area contributed by atoms with Gasteiger partial charge in [-0.1, -0.05) is 0 Å². The van der Waals surface area contributed by atoms with Crippen LogP contribution in [0.5, 0.6) is 0 Å². The number of rotatable bonds is 11. The maximum atomic E-state index is 12.9. The molecule has 0 radical (unpaired) electrons. The molecule has 0 saturated heterocycles. The van der Waals surface area contributed by atoms with E-state index in [2.05, 4.69) is 30.9 Å². The van der Waals surface area contributed by atoms with E-state index in [1.807, 2.05) is 12.3 Å². The third-order valence-electron chi connectivity index (χ3n) is 6.86. The lowest BCUT2D eigenvalue weighted by Gasteiger charge is -2.13. The highest BCUT2D eigenvalue weighted by Crippen LogP contribution is 2.49. The standard InChI is InChI=1S/C25H30N8O3S2/c1-13-4-5-15(30-13)21-14(25(6-7-25)33-23(21)36)9-19(34)29-10-20-31-17(12-37-20)24-32-16(11-38-24)22(35)28-8-2-3-18(26)27/h11-13H,2-10H2,1H3,(H3,26,27)(H,28,35)(H,29,34)(H,33,36)/t13-/m0/s1. The normalized spacial score (nSPS) is 19.4. The Morgan fingerprint density at radius 2 is 2.05 bits per heavy atom. The first kappa shape index (κ1) is 26.2. The zero-order chi connectivity index (χ0) is 26.9. The number of carbonyl (C=O) groups is 3. The van der Waals surface area contributed by atoms with Crippen LogP contribution >= 0.6 is 22.7 Å². The Kier molecular flexibility index (Phi) is 7.39. The summed E-state index contributed by atoms with van der Waals surface area (Å²) >= 11 is 2.74. The molecule has 1 fully saturated rings. The van der Waals surface area contributed by atoms with Crippen molar-refractivity contribution in [3.05, 3.63) is 32.6 Å². The van der Waals surface area contributed by atoms with Crippen molar-refractivity contribution >= 4 is 51.9 Å². The Morgan fingerprint density at radius 1 is 1.24 bits per heavy atom. The molecule has 4 heterocycles. The van der Waals surface area contributed by atoms with Gasteiger partial charge in [0.15, 0.2) is 0 Å². The van der Waals surface area contributed by atoms with Gasteiger partial charge in [-0.3, -0.25) is 24.8 Å². The zero-order valence-corrected chi connectivity index (χ0v) is 22.7. The summed E-state index contributed by atoms with van der Waals surface area (Å²) in [5, 5.41) is 20.9. The monoisotopic (exact) mass is 554 g/mol. The number of nitrogens with two attached hydrogens (primary N) is 1. The average molecular weight is 555 g/mol. The van der Waals surface area contributed by atoms with Gasteiger partial charge in [0.2, 0.25) is 5.91 Å². The first-order chi connectivity index (χ1) is 18.2. The van der Waals surface area contributed by atoms with E-state index in [4.69, 9.17) is 11.1 Å². The molecule has 13 heteroatoms. The molecule has 0 aromatic carbocycles. The van der Waals surface area contributed by atoms with Crippen molar-refractivity contribution in [2.24, 2.45) is 10.7 Å². The second-order valence-corrected chi connectivity index (χ2v) is 11.7. The lowest BCUT2D eigenvalue weighted by atomic mass is 9.95. The number of aromatic nitrogens is 2. The fourth-order valence-corrected chi connectivity index (χ4v) is 6.28. The van der Waals surface area contributed by atoms with Gasteiger partial charge in [-0.05, 0) is 44.6 Å². The van der Waals surface area contributed by atoms with Crippen molar-refractivity contribution < 1.29 is 14.4 Å². The van der Waals surface area contributed by atoms with Crippen LogP contribution in [0.2, 0.25) is 0 Å². The fraction of sp³-hybridized carbons (Fsp3) is 0.480. The van der Waals surface area contributed by atoms with Gasteiger partial charge in [0, 0.05) is 35.5 Å². The van der Waals surface area contributed by atoms with Crippen molar-refractivity contribution in [2.45, 2.75) is 70.0 Å². The van der Waals surface area contributed by atoms with Crippen LogP contribution in [0.3, 0.4) is 0 Å². The fourth-order valence-electron chi connectivity index (χ4n) is 4.73. The summed E-state index contributed by atoms with van der Waals surface area (Å²) < 4.78 is 0. The van der Waals surface area contributed by atoms with E-state index in [1.165, 1.54) is 22.7 Å². The van der Waals surface area contributed by atoms with Crippen molar-refractivity contribution in [1.29, 1.82) is 5.41 Å². The molecule has 0 bridgehead atoms. The van der Waals surface area contributed by atoms with E-state index < -0.39 is 0 Å². The van der Waals surface area contributed by atoms with Crippen molar-refractivity contribution in [2.75, 3.05) is 6.54 Å². The molecule has 6 N–H and O–H groups in total. The summed E-state index contributed by atoms with van der Waals surface area (Å²) in [6.07, 6.45) is 4.61. The highest BCUT2D eigenvalue weighted by Gasteiger charge is 2.54. The maximum Gasteiger partial charge on any atom is 0.270 e. The molecule has 11 nitrogen and oxygen atoms in total. The Hall–Kier alpha value is -3.45. The number of hydrogen-bond donors (Lipinski definition) is 5. The second kappa shape index (κ2) is 10.7. The summed E-state index contributed by atoms with van der Waals surface area (Å²) in [4.78, 5) is 51.6. The summed E-state index contributed by atoms with van der Waals surface area (Å²) in [7, 11) is 0. The van der Waals surface area contributed by atoms with Crippen LogP contribution in [-0.2, 0) is 16.1 Å². The van der Waals surface area contributed by atoms with Crippen molar-refractivity contribution in [3.63, 3.8) is 0 Å². The van der Waals surface area contributed by atoms with Crippen LogP contribution in [0.25, 0.3) is 10.7 Å². The van der Waals surface area contributed by atoms with Gasteiger partial charge in [-0.15, -0.1) is 22.7 Å². The van der Waals surface area contributed by atoms with Gasteiger partial charge < -0.3 is 21.7 Å². The quantitative estimate of drug-likeness (QED) is 0.162. The van der Waals surface area contributed by atoms with Crippen LogP contribution < -0.4 is 21.7 Å². The van der Waals surface area contributed by atoms with E-state index >= 15 is 0 Å². The molecule has 2 aromatic heterocycles. The number of carbonyl (C=O) groups excluding carboxylic acids is 3. The molecule has 5 rings (SSSR count). The third-order valence-corrected chi connectivity index (χ3v) is 8.58. The Bertz CT molecular complexity index is 1350. The van der Waals surface area contributed by atoms with Gasteiger partial charge in [0.25, 0.3) is 11.8 Å². The van der Waals surface area contributed by atoms with E-state index in [1.54, 1.807) is 5.38 Å². The number of amides is 3. The molecule has 0 unspecified atom stereocenters. The molecule has 3 aliphatic rings. The second-order valence-electron chi connectivity index (χ2n) is 9.86. The van der Waals surface area contributed by atoms with Crippen LogP contribution in [0, 0.1) is 5.41 Å². The predicted molar refractivity (Wildman–Crippen MR) is 146 cm³/mol. The number of amidine groups is 1. The van der Waals surface area contributed by atoms with Crippen LogP contribution in [0.15, 0.2) is 26.9 Å². The summed E-state index contributed by atoms with van der Waals surface area (Å²) in [6.45, 7) is 2.73. The number of nitrogens with one attached hydrogen (secondary N) is 4. The molecule has 1 spiro atoms. The SMILES string of the molecule is C[C@H]1CCC(C2=C(CC(=O)NCc3nc(-c4nc(C(=O)NCCCC(=N)N)cs4)cs3)C3(CC3)NC2=O)=N1. The van der Waals surface area contributed by atoms with E-state index in [0.717, 1.165) is 42.0 Å². The van der Waals surface area contributed by atoms with Gasteiger partial charge in [-0.25, -0.2) is 9.97 Å². The topological polar surface area (TPSA) is 175 Å². The number of hydrogen-bond acceptors (Lipinski definition) is 9.